The number of methoxy groups -OCH3 is 2. The first-order valence-electron chi connectivity index (χ1n) is 7.53. The fourth-order valence-electron chi connectivity index (χ4n) is 2.60. The quantitative estimate of drug-likeness (QED) is 0.812. The Hall–Kier alpha value is -2.35. The maximum atomic E-state index is 12.7. The number of ether oxygens (including phenoxy) is 2. The van der Waals surface area contributed by atoms with Crippen molar-refractivity contribution in [3.05, 3.63) is 40.2 Å². The van der Waals surface area contributed by atoms with Crippen LogP contribution in [0.5, 0.6) is 11.5 Å². The summed E-state index contributed by atoms with van der Waals surface area (Å²) >= 11 is 6.06. The van der Waals surface area contributed by atoms with Gasteiger partial charge in [0.25, 0.3) is 5.91 Å². The first-order chi connectivity index (χ1) is 12.1. The zero-order chi connectivity index (χ0) is 19.6. The minimum absolute atomic E-state index is 0.140. The fourth-order valence-corrected chi connectivity index (χ4v) is 2.84. The zero-order valence-electron chi connectivity index (χ0n) is 14.6. The third-order valence-electron chi connectivity index (χ3n) is 3.88. The van der Waals surface area contributed by atoms with Gasteiger partial charge in [0.2, 0.25) is 0 Å². The van der Waals surface area contributed by atoms with Gasteiger partial charge in [-0.1, -0.05) is 11.6 Å². The van der Waals surface area contributed by atoms with Gasteiger partial charge in [0.15, 0.2) is 0 Å². The molecule has 0 aliphatic rings. The van der Waals surface area contributed by atoms with Crippen molar-refractivity contribution in [1.82, 2.24) is 4.57 Å². The van der Waals surface area contributed by atoms with Crippen LogP contribution < -0.4 is 14.8 Å². The third-order valence-corrected chi connectivity index (χ3v) is 4.17. The Kier molecular flexibility index (Phi) is 5.75. The molecule has 0 saturated heterocycles. The average molecular weight is 391 g/mol. The molecule has 1 amide bonds. The second-order valence-corrected chi connectivity index (χ2v) is 6.03. The lowest BCUT2D eigenvalue weighted by atomic mass is 10.2. The van der Waals surface area contributed by atoms with E-state index in [2.05, 4.69) is 5.32 Å². The number of carbonyl (C=O) groups excluding carboxylic acids is 1. The Bertz CT molecular complexity index is 832. The van der Waals surface area contributed by atoms with Crippen LogP contribution in [0.2, 0.25) is 5.02 Å². The molecule has 0 bridgehead atoms. The van der Waals surface area contributed by atoms with Crippen LogP contribution in [0.1, 0.15) is 21.7 Å². The van der Waals surface area contributed by atoms with Gasteiger partial charge in [-0.25, -0.2) is 0 Å². The van der Waals surface area contributed by atoms with E-state index in [0.717, 1.165) is 4.57 Å². The summed E-state index contributed by atoms with van der Waals surface area (Å²) in [6, 6.07) is 4.37. The lowest BCUT2D eigenvalue weighted by Crippen LogP contribution is -2.20. The number of anilines is 1. The summed E-state index contributed by atoms with van der Waals surface area (Å²) in [5, 5.41) is 2.87. The predicted octanol–water partition coefficient (Wildman–Crippen LogP) is 4.59. The Morgan fingerprint density at radius 3 is 2.31 bits per heavy atom. The van der Waals surface area contributed by atoms with Gasteiger partial charge in [0.05, 0.1) is 30.5 Å². The Morgan fingerprint density at radius 2 is 1.77 bits per heavy atom. The summed E-state index contributed by atoms with van der Waals surface area (Å²) in [7, 11) is 2.85. The summed E-state index contributed by atoms with van der Waals surface area (Å²) in [6.07, 6.45) is -4.38. The molecule has 26 heavy (non-hydrogen) atoms. The second kappa shape index (κ2) is 7.49. The maximum absolute atomic E-state index is 12.7. The number of aryl methyl sites for hydroxylation is 1. The van der Waals surface area contributed by atoms with Crippen molar-refractivity contribution in [1.29, 1.82) is 0 Å². The first-order valence-corrected chi connectivity index (χ1v) is 7.91. The summed E-state index contributed by atoms with van der Waals surface area (Å²) in [5.74, 6) is 0.111. The Morgan fingerprint density at radius 1 is 1.15 bits per heavy atom. The van der Waals surface area contributed by atoms with Gasteiger partial charge in [0.1, 0.15) is 18.0 Å². The molecule has 2 rings (SSSR count). The number of benzene rings is 1. The largest absolute Gasteiger partial charge is 0.495 e. The molecule has 0 radical (unpaired) electrons. The van der Waals surface area contributed by atoms with Crippen LogP contribution in [0.4, 0.5) is 18.9 Å². The molecule has 1 N–H and O–H groups in total. The number of hydrogen-bond acceptors (Lipinski definition) is 3. The molecule has 0 saturated carbocycles. The first kappa shape index (κ1) is 20.0. The van der Waals surface area contributed by atoms with E-state index in [1.807, 2.05) is 0 Å². The monoisotopic (exact) mass is 390 g/mol. The topological polar surface area (TPSA) is 52.5 Å². The molecule has 9 heteroatoms. The van der Waals surface area contributed by atoms with E-state index in [1.165, 1.54) is 46.3 Å². The number of rotatable bonds is 5. The number of amides is 1. The van der Waals surface area contributed by atoms with Gasteiger partial charge >= 0.3 is 6.18 Å². The van der Waals surface area contributed by atoms with Gasteiger partial charge in [-0.3, -0.25) is 4.79 Å². The fraction of sp³-hybridized carbons (Fsp3) is 0.353. The standard InChI is InChI=1S/C17H18ClF3N2O3/c1-9-5-11(10(2)23(9)8-17(19,20)21)16(24)22-13-6-12(18)14(25-3)7-15(13)26-4/h5-7H,8H2,1-4H3,(H,22,24). The van der Waals surface area contributed by atoms with Gasteiger partial charge in [0, 0.05) is 17.5 Å². The number of alkyl halides is 3. The van der Waals surface area contributed by atoms with Crippen LogP contribution in [0, 0.1) is 13.8 Å². The maximum Gasteiger partial charge on any atom is 0.406 e. The minimum Gasteiger partial charge on any atom is -0.495 e. The van der Waals surface area contributed by atoms with Gasteiger partial charge in [-0.2, -0.15) is 13.2 Å². The van der Waals surface area contributed by atoms with Crippen molar-refractivity contribution in [2.45, 2.75) is 26.6 Å². The smallest absolute Gasteiger partial charge is 0.406 e. The number of hydrogen-bond donors (Lipinski definition) is 1. The van der Waals surface area contributed by atoms with Crippen LogP contribution in [-0.2, 0) is 6.54 Å². The number of nitrogens with zero attached hydrogens (tertiary/aromatic N) is 1. The molecule has 0 spiro atoms. The van der Waals surface area contributed by atoms with Crippen molar-refractivity contribution in [2.24, 2.45) is 0 Å². The predicted molar refractivity (Wildman–Crippen MR) is 92.5 cm³/mol. The summed E-state index contributed by atoms with van der Waals surface area (Å²) in [6.45, 7) is 1.82. The normalized spacial score (nSPS) is 11.4. The number of carbonyl (C=O) groups is 1. The van der Waals surface area contributed by atoms with Crippen LogP contribution in [-0.4, -0.2) is 30.9 Å². The zero-order valence-corrected chi connectivity index (χ0v) is 15.4. The number of halogens is 4. The van der Waals surface area contributed by atoms with E-state index in [-0.39, 0.29) is 22.0 Å². The van der Waals surface area contributed by atoms with E-state index in [4.69, 9.17) is 21.1 Å². The summed E-state index contributed by atoms with van der Waals surface area (Å²) in [5.41, 5.74) is 0.977. The number of aromatic nitrogens is 1. The Balaban J connectivity index is 2.34. The molecular formula is C17H18ClF3N2O3. The van der Waals surface area contributed by atoms with Crippen molar-refractivity contribution >= 4 is 23.2 Å². The van der Waals surface area contributed by atoms with Gasteiger partial charge < -0.3 is 19.4 Å². The van der Waals surface area contributed by atoms with Crippen molar-refractivity contribution < 1.29 is 27.4 Å². The molecule has 0 fully saturated rings. The van der Waals surface area contributed by atoms with Crippen LogP contribution in [0.25, 0.3) is 0 Å². The Labute approximate surface area is 153 Å². The highest BCUT2D eigenvalue weighted by molar-refractivity contribution is 6.32. The number of nitrogens with one attached hydrogen (secondary N) is 1. The second-order valence-electron chi connectivity index (χ2n) is 5.63. The molecule has 0 atom stereocenters. The van der Waals surface area contributed by atoms with E-state index in [1.54, 1.807) is 0 Å². The molecule has 142 valence electrons. The molecule has 0 aliphatic heterocycles. The average Bonchev–Trinajstić information content (AvgIpc) is 2.82. The van der Waals surface area contributed by atoms with Crippen molar-refractivity contribution in [2.75, 3.05) is 19.5 Å². The summed E-state index contributed by atoms with van der Waals surface area (Å²) < 4.78 is 49.5. The highest BCUT2D eigenvalue weighted by Gasteiger charge is 2.30. The van der Waals surface area contributed by atoms with E-state index in [0.29, 0.717) is 17.2 Å². The lowest BCUT2D eigenvalue weighted by Gasteiger charge is -2.14. The molecule has 1 aromatic carbocycles. The molecule has 0 unspecified atom stereocenters. The van der Waals surface area contributed by atoms with E-state index in [9.17, 15) is 18.0 Å². The third kappa shape index (κ3) is 4.24. The minimum atomic E-state index is -4.38. The van der Waals surface area contributed by atoms with E-state index >= 15 is 0 Å². The molecule has 0 aliphatic carbocycles. The SMILES string of the molecule is COc1cc(OC)c(NC(=O)c2cc(C)n(CC(F)(F)F)c2C)cc1Cl. The highest BCUT2D eigenvalue weighted by Crippen LogP contribution is 2.36. The van der Waals surface area contributed by atoms with Crippen LogP contribution >= 0.6 is 11.6 Å². The van der Waals surface area contributed by atoms with Gasteiger partial charge in [-0.05, 0) is 26.0 Å². The van der Waals surface area contributed by atoms with E-state index < -0.39 is 18.6 Å². The molecule has 5 nitrogen and oxygen atoms in total. The highest BCUT2D eigenvalue weighted by atomic mass is 35.5. The molecule has 1 heterocycles. The molecular weight excluding hydrogens is 373 g/mol. The van der Waals surface area contributed by atoms with Crippen LogP contribution in [0.15, 0.2) is 18.2 Å². The van der Waals surface area contributed by atoms with Crippen molar-refractivity contribution in [3.63, 3.8) is 0 Å². The summed E-state index contributed by atoms with van der Waals surface area (Å²) in [4.78, 5) is 12.6. The van der Waals surface area contributed by atoms with Crippen LogP contribution in [0.3, 0.4) is 0 Å². The molecule has 1 aromatic heterocycles. The van der Waals surface area contributed by atoms with Crippen molar-refractivity contribution in [3.8, 4) is 11.5 Å². The van der Waals surface area contributed by atoms with Gasteiger partial charge in [-0.15, -0.1) is 0 Å². The lowest BCUT2D eigenvalue weighted by molar-refractivity contribution is -0.141. The molecule has 2 aromatic rings.